The quantitative estimate of drug-likeness (QED) is 0.528. The van der Waals surface area contributed by atoms with Crippen molar-refractivity contribution in [1.82, 2.24) is 19.6 Å². The number of para-hydroxylation sites is 1. The van der Waals surface area contributed by atoms with Gasteiger partial charge in [-0.1, -0.05) is 36.0 Å². The van der Waals surface area contributed by atoms with Gasteiger partial charge in [-0.25, -0.2) is 9.50 Å². The first-order chi connectivity index (χ1) is 13.8. The number of benzene rings is 1. The Morgan fingerprint density at radius 3 is 2.82 bits per heavy atom. The van der Waals surface area contributed by atoms with Crippen molar-refractivity contribution in [1.29, 1.82) is 0 Å². The molecule has 3 heterocycles. The first kappa shape index (κ1) is 17.2. The summed E-state index contributed by atoms with van der Waals surface area (Å²) in [5.74, 6) is 0.971. The third-order valence-electron chi connectivity index (χ3n) is 5.57. The molecule has 0 aliphatic heterocycles. The van der Waals surface area contributed by atoms with Crippen molar-refractivity contribution >= 4 is 21.4 Å². The molecular weight excluding hydrogens is 370 g/mol. The van der Waals surface area contributed by atoms with Crippen LogP contribution >= 0.6 is 11.3 Å². The van der Waals surface area contributed by atoms with Crippen molar-refractivity contribution in [2.24, 2.45) is 0 Å². The monoisotopic (exact) mass is 391 g/mol. The maximum Gasteiger partial charge on any atom is 0.214 e. The molecule has 28 heavy (non-hydrogen) atoms. The van der Waals surface area contributed by atoms with Gasteiger partial charge in [-0.2, -0.15) is 0 Å². The van der Waals surface area contributed by atoms with Crippen LogP contribution in [0.1, 0.15) is 24.8 Å². The minimum absolute atomic E-state index is 0.112. The van der Waals surface area contributed by atoms with E-state index in [1.165, 1.54) is 12.0 Å². The van der Waals surface area contributed by atoms with Gasteiger partial charge in [0.05, 0.1) is 19.0 Å². The number of hydrogen-bond acceptors (Lipinski definition) is 6. The molecule has 0 bridgehead atoms. The Bertz CT molecular complexity index is 1070. The van der Waals surface area contributed by atoms with E-state index in [4.69, 9.17) is 4.74 Å². The molecule has 7 heteroatoms. The molecule has 0 atom stereocenters. The number of nitrogens with zero attached hydrogens (tertiary/aromatic N) is 4. The van der Waals surface area contributed by atoms with Crippen molar-refractivity contribution in [2.45, 2.75) is 24.7 Å². The molecule has 0 radical (unpaired) electrons. The fraction of sp³-hybridized carbons (Fsp3) is 0.286. The molecule has 0 spiro atoms. The number of anilines is 1. The van der Waals surface area contributed by atoms with Crippen LogP contribution in [0.4, 0.5) is 5.13 Å². The Morgan fingerprint density at radius 2 is 2.11 bits per heavy atom. The van der Waals surface area contributed by atoms with Gasteiger partial charge in [0.1, 0.15) is 5.75 Å². The summed E-state index contributed by atoms with van der Waals surface area (Å²) >= 11 is 1.57. The van der Waals surface area contributed by atoms with Gasteiger partial charge in [-0.05, 0) is 31.0 Å². The summed E-state index contributed by atoms with van der Waals surface area (Å²) in [6.07, 6.45) is 9.10. The van der Waals surface area contributed by atoms with Crippen LogP contribution < -0.4 is 10.1 Å². The van der Waals surface area contributed by atoms with E-state index in [0.717, 1.165) is 46.5 Å². The second-order valence-electron chi connectivity index (χ2n) is 7.19. The van der Waals surface area contributed by atoms with Gasteiger partial charge in [-0.15, -0.1) is 5.10 Å². The summed E-state index contributed by atoms with van der Waals surface area (Å²) in [6, 6.07) is 12.3. The third kappa shape index (κ3) is 2.92. The maximum absolute atomic E-state index is 5.61. The van der Waals surface area contributed by atoms with Crippen molar-refractivity contribution in [3.8, 4) is 17.0 Å². The minimum Gasteiger partial charge on any atom is -0.496 e. The highest BCUT2D eigenvalue weighted by Crippen LogP contribution is 2.47. The molecule has 5 rings (SSSR count). The number of pyridine rings is 1. The predicted octanol–water partition coefficient (Wildman–Crippen LogP) is 4.40. The molecule has 6 nitrogen and oxygen atoms in total. The maximum atomic E-state index is 5.61. The lowest BCUT2D eigenvalue weighted by molar-refractivity contribution is 0.250. The standard InChI is InChI=1S/C21H21N5OS/c1-27-18-8-3-2-7-16(18)21(9-5-10-21)14-23-19-25-26-13-17(24-20(26)28-19)15-6-4-11-22-12-15/h2-4,6-8,11-13H,5,9-10,14H2,1H3,(H,23,25). The van der Waals surface area contributed by atoms with Gasteiger partial charge in [-0.3, -0.25) is 4.98 Å². The lowest BCUT2D eigenvalue weighted by atomic mass is 9.64. The van der Waals surface area contributed by atoms with E-state index < -0.39 is 0 Å². The van der Waals surface area contributed by atoms with Gasteiger partial charge in [0, 0.05) is 35.5 Å². The second kappa shape index (κ2) is 6.91. The molecule has 0 amide bonds. The molecule has 0 unspecified atom stereocenters. The molecule has 1 N–H and O–H groups in total. The van der Waals surface area contributed by atoms with E-state index in [9.17, 15) is 0 Å². The number of fused-ring (bicyclic) bond motifs is 1. The Balaban J connectivity index is 1.36. The summed E-state index contributed by atoms with van der Waals surface area (Å²) in [7, 11) is 1.74. The molecular formula is C21H21N5OS. The molecule has 4 aromatic rings. The first-order valence-corrected chi connectivity index (χ1v) is 10.2. The highest BCUT2D eigenvalue weighted by molar-refractivity contribution is 7.20. The number of aromatic nitrogens is 4. The molecule has 0 saturated heterocycles. The third-order valence-corrected chi connectivity index (χ3v) is 6.45. The zero-order valence-corrected chi connectivity index (χ0v) is 16.4. The van der Waals surface area contributed by atoms with Crippen LogP contribution in [0.25, 0.3) is 16.2 Å². The number of hydrogen-bond donors (Lipinski definition) is 1. The van der Waals surface area contributed by atoms with Crippen molar-refractivity contribution < 1.29 is 4.74 Å². The predicted molar refractivity (Wildman–Crippen MR) is 111 cm³/mol. The van der Waals surface area contributed by atoms with Crippen LogP contribution in [0.2, 0.25) is 0 Å². The van der Waals surface area contributed by atoms with Crippen LogP contribution in [-0.4, -0.2) is 33.2 Å². The molecule has 1 aliphatic rings. The Morgan fingerprint density at radius 1 is 1.21 bits per heavy atom. The Hall–Kier alpha value is -2.93. The largest absolute Gasteiger partial charge is 0.496 e. The van der Waals surface area contributed by atoms with Gasteiger partial charge in [0.25, 0.3) is 0 Å². The number of ether oxygens (including phenoxy) is 1. The molecule has 1 aromatic carbocycles. The Labute approximate surface area is 167 Å². The zero-order valence-electron chi connectivity index (χ0n) is 15.6. The number of imidazole rings is 1. The molecule has 1 aliphatic carbocycles. The molecule has 3 aromatic heterocycles. The van der Waals surface area contributed by atoms with E-state index in [0.29, 0.717) is 0 Å². The van der Waals surface area contributed by atoms with Crippen molar-refractivity contribution in [3.05, 3.63) is 60.6 Å². The summed E-state index contributed by atoms with van der Waals surface area (Å²) < 4.78 is 7.45. The van der Waals surface area contributed by atoms with E-state index in [1.54, 1.807) is 24.6 Å². The second-order valence-corrected chi connectivity index (χ2v) is 8.15. The van der Waals surface area contributed by atoms with Gasteiger partial charge in [0.15, 0.2) is 0 Å². The highest BCUT2D eigenvalue weighted by Gasteiger charge is 2.40. The number of methoxy groups -OCH3 is 1. The molecule has 1 fully saturated rings. The summed E-state index contributed by atoms with van der Waals surface area (Å²) in [5.41, 5.74) is 3.29. The normalized spacial score (nSPS) is 15.3. The first-order valence-electron chi connectivity index (χ1n) is 9.41. The van der Waals surface area contributed by atoms with Gasteiger partial charge in [0.2, 0.25) is 10.1 Å². The average Bonchev–Trinajstić information content (AvgIpc) is 3.27. The lowest BCUT2D eigenvalue weighted by Crippen LogP contribution is -2.41. The van der Waals surface area contributed by atoms with Crippen LogP contribution in [0.3, 0.4) is 0 Å². The van der Waals surface area contributed by atoms with E-state index in [1.807, 2.05) is 41.2 Å². The average molecular weight is 392 g/mol. The number of nitrogens with one attached hydrogen (secondary N) is 1. The highest BCUT2D eigenvalue weighted by atomic mass is 32.1. The SMILES string of the molecule is COc1ccccc1C1(CNc2nn3cc(-c4cccnc4)nc3s2)CCC1. The topological polar surface area (TPSA) is 64.3 Å². The fourth-order valence-electron chi connectivity index (χ4n) is 3.90. The van der Waals surface area contributed by atoms with Crippen molar-refractivity contribution in [2.75, 3.05) is 19.0 Å². The zero-order chi connectivity index (χ0) is 19.0. The summed E-state index contributed by atoms with van der Waals surface area (Å²) in [6.45, 7) is 0.847. The summed E-state index contributed by atoms with van der Waals surface area (Å²) in [4.78, 5) is 9.72. The van der Waals surface area contributed by atoms with Crippen LogP contribution in [0.15, 0.2) is 55.0 Å². The molecule has 142 valence electrons. The Kier molecular flexibility index (Phi) is 4.24. The minimum atomic E-state index is 0.112. The van der Waals surface area contributed by atoms with Crippen LogP contribution in [-0.2, 0) is 5.41 Å². The van der Waals surface area contributed by atoms with Gasteiger partial charge >= 0.3 is 0 Å². The lowest BCUT2D eigenvalue weighted by Gasteiger charge is -2.43. The van der Waals surface area contributed by atoms with Gasteiger partial charge < -0.3 is 10.1 Å². The van der Waals surface area contributed by atoms with Crippen LogP contribution in [0, 0.1) is 0 Å². The summed E-state index contributed by atoms with van der Waals surface area (Å²) in [5, 5.41) is 9.11. The smallest absolute Gasteiger partial charge is 0.214 e. The van der Waals surface area contributed by atoms with E-state index in [-0.39, 0.29) is 5.41 Å². The molecule has 1 saturated carbocycles. The van der Waals surface area contributed by atoms with Crippen molar-refractivity contribution in [3.63, 3.8) is 0 Å². The van der Waals surface area contributed by atoms with E-state index in [2.05, 4.69) is 32.5 Å². The van der Waals surface area contributed by atoms with E-state index >= 15 is 0 Å². The van der Waals surface area contributed by atoms with Crippen LogP contribution in [0.5, 0.6) is 5.75 Å². The fourth-order valence-corrected chi connectivity index (χ4v) is 4.67. The number of rotatable bonds is 6.